The number of hydrogen-bond donors (Lipinski definition) is 3. The Kier molecular flexibility index (Phi) is 6.86. The number of rotatable bonds is 8. The molecule has 0 atom stereocenters. The summed E-state index contributed by atoms with van der Waals surface area (Å²) in [5.41, 5.74) is 0. The molecule has 0 aliphatic carbocycles. The predicted molar refractivity (Wildman–Crippen MR) is 76.8 cm³/mol. The molecular formula is C12H25N4O2P. The number of nitrogens with zero attached hydrogens (tertiary/aromatic N) is 3. The van der Waals surface area contributed by atoms with E-state index < -0.39 is 7.36 Å². The summed E-state index contributed by atoms with van der Waals surface area (Å²) in [5.74, 6) is 0. The normalized spacial score (nSPS) is 14.2. The topological polar surface area (TPSA) is 103 Å². The first-order valence-electron chi connectivity index (χ1n) is 6.47. The summed E-state index contributed by atoms with van der Waals surface area (Å²) >= 11 is 0. The minimum atomic E-state index is -4.34. The van der Waals surface area contributed by atoms with Gasteiger partial charge in [0.2, 0.25) is 0 Å². The average molecular weight is 288 g/mol. The average Bonchev–Trinajstić information content (AvgIpc) is 2.25. The van der Waals surface area contributed by atoms with Crippen molar-refractivity contribution < 1.29 is 9.79 Å². The molecule has 0 bridgehead atoms. The van der Waals surface area contributed by atoms with Gasteiger partial charge in [-0.15, -0.1) is 0 Å². The molecule has 3 N–H and O–H groups in total. The first kappa shape index (κ1) is 18.2. The second kappa shape index (κ2) is 7.14. The standard InChI is InChI=1S/C12H25N4O2P/c1-11(2)16(12(3)4)19(17,18,10-6-8-14)15-9-5-7-13/h11-12,15,17-18H,5-6,9-10H2,1-4H3. The molecule has 0 saturated carbocycles. The molecule has 0 rings (SSSR count). The van der Waals surface area contributed by atoms with Crippen LogP contribution in [0.25, 0.3) is 0 Å². The van der Waals surface area contributed by atoms with E-state index in [-0.39, 0.29) is 37.6 Å². The SMILES string of the molecule is CC(C)N(C(C)C)P(O)(O)(CCC#N)NCCC#N. The van der Waals surface area contributed by atoms with Gasteiger partial charge in [-0.3, -0.25) is 0 Å². The zero-order valence-electron chi connectivity index (χ0n) is 12.2. The Balaban J connectivity index is 5.34. The van der Waals surface area contributed by atoms with Crippen LogP contribution in [0.3, 0.4) is 0 Å². The molecule has 19 heavy (non-hydrogen) atoms. The Hall–Kier alpha value is -0.750. The first-order valence-corrected chi connectivity index (χ1v) is 8.75. The van der Waals surface area contributed by atoms with Crippen LogP contribution in [0, 0.1) is 22.7 Å². The van der Waals surface area contributed by atoms with Gasteiger partial charge in [-0.05, 0) is 0 Å². The van der Waals surface area contributed by atoms with E-state index in [1.165, 1.54) is 0 Å². The zero-order chi connectivity index (χ0) is 15.1. The van der Waals surface area contributed by atoms with Crippen LogP contribution in [-0.4, -0.2) is 39.2 Å². The summed E-state index contributed by atoms with van der Waals surface area (Å²) in [4.78, 5) is 21.8. The van der Waals surface area contributed by atoms with Crippen LogP contribution < -0.4 is 5.09 Å². The number of nitriles is 2. The van der Waals surface area contributed by atoms with Gasteiger partial charge in [0.05, 0.1) is 0 Å². The third-order valence-corrected chi connectivity index (χ3v) is 6.66. The molecule has 0 spiro atoms. The van der Waals surface area contributed by atoms with Crippen molar-refractivity contribution in [2.45, 2.75) is 52.6 Å². The molecule has 0 heterocycles. The van der Waals surface area contributed by atoms with Crippen LogP contribution >= 0.6 is 7.36 Å². The van der Waals surface area contributed by atoms with E-state index >= 15 is 0 Å². The molecule has 6 nitrogen and oxygen atoms in total. The summed E-state index contributed by atoms with van der Waals surface area (Å²) in [5, 5.41) is 20.1. The van der Waals surface area contributed by atoms with Crippen molar-refractivity contribution in [1.29, 1.82) is 10.5 Å². The van der Waals surface area contributed by atoms with E-state index in [1.54, 1.807) is 4.67 Å². The molecule has 0 amide bonds. The molecule has 0 radical (unpaired) electrons. The van der Waals surface area contributed by atoms with Crippen molar-refractivity contribution in [2.24, 2.45) is 0 Å². The quantitative estimate of drug-likeness (QED) is 0.464. The van der Waals surface area contributed by atoms with E-state index in [2.05, 4.69) is 5.09 Å². The van der Waals surface area contributed by atoms with Crippen molar-refractivity contribution in [3.05, 3.63) is 0 Å². The maximum absolute atomic E-state index is 10.9. The first-order chi connectivity index (χ1) is 8.68. The van der Waals surface area contributed by atoms with Crippen molar-refractivity contribution in [1.82, 2.24) is 9.76 Å². The van der Waals surface area contributed by atoms with Gasteiger partial charge in [0.1, 0.15) is 0 Å². The van der Waals surface area contributed by atoms with Gasteiger partial charge in [-0.2, -0.15) is 0 Å². The fourth-order valence-electron chi connectivity index (χ4n) is 2.44. The molecule has 0 aromatic rings. The van der Waals surface area contributed by atoms with Gasteiger partial charge in [0, 0.05) is 0 Å². The van der Waals surface area contributed by atoms with E-state index in [1.807, 2.05) is 39.8 Å². The van der Waals surface area contributed by atoms with E-state index in [4.69, 9.17) is 10.5 Å². The van der Waals surface area contributed by atoms with Gasteiger partial charge in [0.25, 0.3) is 0 Å². The predicted octanol–water partition coefficient (Wildman–Crippen LogP) is 1.72. The Morgan fingerprint density at radius 3 is 1.89 bits per heavy atom. The number of hydrogen-bond acceptors (Lipinski definition) is 6. The molecular weight excluding hydrogens is 263 g/mol. The van der Waals surface area contributed by atoms with Gasteiger partial charge in [0.15, 0.2) is 0 Å². The van der Waals surface area contributed by atoms with Crippen molar-refractivity contribution in [2.75, 3.05) is 12.7 Å². The molecule has 110 valence electrons. The summed E-state index contributed by atoms with van der Waals surface area (Å²) < 4.78 is 1.64. The third-order valence-electron chi connectivity index (χ3n) is 2.85. The molecule has 0 saturated heterocycles. The monoisotopic (exact) mass is 288 g/mol. The molecule has 0 aliphatic heterocycles. The van der Waals surface area contributed by atoms with Gasteiger partial charge < -0.3 is 0 Å². The van der Waals surface area contributed by atoms with Crippen LogP contribution in [0.1, 0.15) is 40.5 Å². The molecule has 0 unspecified atom stereocenters. The number of nitrogens with one attached hydrogen (secondary N) is 1. The summed E-state index contributed by atoms with van der Waals surface area (Å²) in [6, 6.07) is 3.75. The zero-order valence-corrected chi connectivity index (χ0v) is 13.1. The van der Waals surface area contributed by atoms with Crippen LogP contribution in [-0.2, 0) is 0 Å². The van der Waals surface area contributed by atoms with E-state index in [9.17, 15) is 9.79 Å². The molecule has 0 aromatic heterocycles. The van der Waals surface area contributed by atoms with Crippen molar-refractivity contribution in [3.8, 4) is 12.1 Å². The van der Waals surface area contributed by atoms with Crippen LogP contribution in [0.2, 0.25) is 0 Å². The van der Waals surface area contributed by atoms with Gasteiger partial charge in [-0.25, -0.2) is 0 Å². The Morgan fingerprint density at radius 2 is 1.53 bits per heavy atom. The summed E-state index contributed by atoms with van der Waals surface area (Å²) in [6.45, 7) is 7.72. The molecule has 0 aliphatic rings. The van der Waals surface area contributed by atoms with Gasteiger partial charge >= 0.3 is 115 Å². The van der Waals surface area contributed by atoms with Crippen LogP contribution in [0.4, 0.5) is 0 Å². The Labute approximate surface area is 115 Å². The van der Waals surface area contributed by atoms with Gasteiger partial charge in [-0.1, -0.05) is 0 Å². The third kappa shape index (κ3) is 5.03. The van der Waals surface area contributed by atoms with Crippen molar-refractivity contribution in [3.63, 3.8) is 0 Å². The Bertz CT molecular complexity index is 363. The molecule has 0 aromatic carbocycles. The minimum absolute atomic E-state index is 0.0239. The van der Waals surface area contributed by atoms with Crippen molar-refractivity contribution >= 4 is 7.36 Å². The summed E-state index contributed by atoms with van der Waals surface area (Å²) in [6.07, 6.45) is 0.222. The molecule has 7 heteroatoms. The molecule has 0 fully saturated rings. The fraction of sp³-hybridized carbons (Fsp3) is 0.833. The summed E-state index contributed by atoms with van der Waals surface area (Å²) in [7, 11) is -4.34. The second-order valence-corrected chi connectivity index (χ2v) is 8.69. The fourth-order valence-corrected chi connectivity index (χ4v) is 6.02. The second-order valence-electron chi connectivity index (χ2n) is 5.17. The Morgan fingerprint density at radius 1 is 1.05 bits per heavy atom. The van der Waals surface area contributed by atoms with E-state index in [0.717, 1.165) is 0 Å². The van der Waals surface area contributed by atoms with Crippen LogP contribution in [0.5, 0.6) is 0 Å². The van der Waals surface area contributed by atoms with Crippen LogP contribution in [0.15, 0.2) is 0 Å². The maximum atomic E-state index is 10.9. The van der Waals surface area contributed by atoms with E-state index in [0.29, 0.717) is 0 Å².